The van der Waals surface area contributed by atoms with Gasteiger partial charge in [0.05, 0.1) is 13.8 Å². The van der Waals surface area contributed by atoms with Crippen LogP contribution in [0.5, 0.6) is 0 Å². The van der Waals surface area contributed by atoms with E-state index in [0.717, 1.165) is 5.19 Å². The van der Waals surface area contributed by atoms with E-state index in [4.69, 9.17) is 2.74 Å². The van der Waals surface area contributed by atoms with Crippen LogP contribution in [0.3, 0.4) is 0 Å². The molecule has 1 aromatic carbocycles. The van der Waals surface area contributed by atoms with Gasteiger partial charge in [0.1, 0.15) is 0 Å². The Balaban J connectivity index is 2.20. The van der Waals surface area contributed by atoms with E-state index in [1.807, 2.05) is 18.2 Å². The summed E-state index contributed by atoms with van der Waals surface area (Å²) in [7, 11) is -1.83. The predicted molar refractivity (Wildman–Crippen MR) is 99.7 cm³/mol. The van der Waals surface area contributed by atoms with E-state index in [0.29, 0.717) is 22.4 Å². The van der Waals surface area contributed by atoms with Gasteiger partial charge in [0.25, 0.3) is 0 Å². The second kappa shape index (κ2) is 6.65. The van der Waals surface area contributed by atoms with Crippen LogP contribution in [0, 0.1) is 5.95 Å². The van der Waals surface area contributed by atoms with Gasteiger partial charge in [-0.1, -0.05) is 50.0 Å². The minimum atomic E-state index is -1.83. The molecule has 0 aliphatic carbocycles. The van der Waals surface area contributed by atoms with Crippen molar-refractivity contribution in [1.82, 2.24) is 9.97 Å². The lowest BCUT2D eigenvalue weighted by atomic mass is 10.0. The van der Waals surface area contributed by atoms with Crippen molar-refractivity contribution in [3.63, 3.8) is 0 Å². The molecule has 4 heteroatoms. The summed E-state index contributed by atoms with van der Waals surface area (Å²) in [6.45, 7) is 6.52. The van der Waals surface area contributed by atoms with E-state index in [9.17, 15) is 4.39 Å². The SMILES string of the molecule is [2H]C([2H])(c1ccccc1)c1cc(-c2ccc(F)nc2)ncc1[Si](C)(C)C. The van der Waals surface area contributed by atoms with Gasteiger partial charge in [0.2, 0.25) is 5.95 Å². The van der Waals surface area contributed by atoms with Crippen LogP contribution >= 0.6 is 0 Å². The number of hydrogen-bond donors (Lipinski definition) is 0. The molecule has 0 radical (unpaired) electrons. The summed E-state index contributed by atoms with van der Waals surface area (Å²) in [5, 5.41) is 0.977. The van der Waals surface area contributed by atoms with Gasteiger partial charge in [-0.3, -0.25) is 4.98 Å². The van der Waals surface area contributed by atoms with Gasteiger partial charge >= 0.3 is 0 Å². The van der Waals surface area contributed by atoms with Gasteiger partial charge in [0.15, 0.2) is 0 Å². The molecule has 2 aromatic heterocycles. The largest absolute Gasteiger partial charge is 0.256 e. The molecule has 2 nitrogen and oxygen atoms in total. The first-order chi connectivity index (χ1) is 12.2. The topological polar surface area (TPSA) is 25.8 Å². The van der Waals surface area contributed by atoms with Crippen LogP contribution in [0.4, 0.5) is 4.39 Å². The summed E-state index contributed by atoms with van der Waals surface area (Å²) in [6.07, 6.45) is 1.55. The molecule has 0 N–H and O–H groups in total. The van der Waals surface area contributed by atoms with E-state index < -0.39 is 20.4 Å². The fraction of sp³-hybridized carbons (Fsp3) is 0.200. The average molecular weight is 338 g/mol. The summed E-state index contributed by atoms with van der Waals surface area (Å²) in [6, 6.07) is 13.8. The molecule has 0 saturated heterocycles. The van der Waals surface area contributed by atoms with Crippen molar-refractivity contribution in [3.05, 3.63) is 78.0 Å². The molecule has 0 bridgehead atoms. The number of benzene rings is 1. The molecule has 0 fully saturated rings. The first-order valence-electron chi connectivity index (χ1n) is 8.88. The van der Waals surface area contributed by atoms with E-state index in [2.05, 4.69) is 29.6 Å². The summed E-state index contributed by atoms with van der Waals surface area (Å²) >= 11 is 0. The summed E-state index contributed by atoms with van der Waals surface area (Å²) in [5.74, 6) is -0.549. The highest BCUT2D eigenvalue weighted by Crippen LogP contribution is 2.20. The fourth-order valence-corrected chi connectivity index (χ4v) is 3.91. The highest BCUT2D eigenvalue weighted by molar-refractivity contribution is 6.89. The van der Waals surface area contributed by atoms with E-state index >= 15 is 0 Å². The second-order valence-corrected chi connectivity index (χ2v) is 11.8. The van der Waals surface area contributed by atoms with E-state index in [-0.39, 0.29) is 0 Å². The third kappa shape index (κ3) is 3.76. The molecule has 0 amide bonds. The van der Waals surface area contributed by atoms with Crippen molar-refractivity contribution in [2.75, 3.05) is 0 Å². The molecule has 24 heavy (non-hydrogen) atoms. The zero-order valence-electron chi connectivity index (χ0n) is 16.0. The van der Waals surface area contributed by atoms with Gasteiger partial charge in [-0.2, -0.15) is 4.39 Å². The van der Waals surface area contributed by atoms with Crippen LogP contribution in [-0.2, 0) is 6.37 Å². The Kier molecular flexibility index (Phi) is 3.89. The number of hydrogen-bond acceptors (Lipinski definition) is 2. The molecule has 0 aliphatic rings. The smallest absolute Gasteiger partial charge is 0.212 e. The quantitative estimate of drug-likeness (QED) is 0.520. The number of aromatic nitrogens is 2. The molecule has 3 aromatic rings. The molecule has 0 atom stereocenters. The maximum Gasteiger partial charge on any atom is 0.212 e. The summed E-state index contributed by atoms with van der Waals surface area (Å²) < 4.78 is 30.7. The van der Waals surface area contributed by atoms with Crippen LogP contribution < -0.4 is 5.19 Å². The van der Waals surface area contributed by atoms with Crippen molar-refractivity contribution in [2.24, 2.45) is 0 Å². The highest BCUT2D eigenvalue weighted by atomic mass is 28.3. The monoisotopic (exact) mass is 338 g/mol. The molecule has 3 rings (SSSR count). The lowest BCUT2D eigenvalue weighted by Crippen LogP contribution is -2.40. The molecular formula is C20H21FN2Si. The van der Waals surface area contributed by atoms with Crippen LogP contribution in [-0.4, -0.2) is 18.0 Å². The van der Waals surface area contributed by atoms with Gasteiger partial charge < -0.3 is 0 Å². The third-order valence-electron chi connectivity index (χ3n) is 3.79. The number of rotatable bonds is 4. The lowest BCUT2D eigenvalue weighted by Gasteiger charge is -2.21. The van der Waals surface area contributed by atoms with Crippen LogP contribution in [0.2, 0.25) is 19.6 Å². The van der Waals surface area contributed by atoms with E-state index in [1.54, 1.807) is 30.5 Å². The van der Waals surface area contributed by atoms with Crippen molar-refractivity contribution in [3.8, 4) is 11.3 Å². The lowest BCUT2D eigenvalue weighted by molar-refractivity contribution is 0.584. The van der Waals surface area contributed by atoms with Gasteiger partial charge in [-0.15, -0.1) is 0 Å². The van der Waals surface area contributed by atoms with Gasteiger partial charge in [-0.25, -0.2) is 4.98 Å². The van der Waals surface area contributed by atoms with Crippen molar-refractivity contribution in [1.29, 1.82) is 0 Å². The Hall–Kier alpha value is -2.33. The van der Waals surface area contributed by atoms with Gasteiger partial charge in [-0.05, 0) is 40.9 Å². The highest BCUT2D eigenvalue weighted by Gasteiger charge is 2.21. The average Bonchev–Trinajstić information content (AvgIpc) is 2.62. The summed E-state index contributed by atoms with van der Waals surface area (Å²) in [5.41, 5.74) is 2.49. The van der Waals surface area contributed by atoms with Crippen LogP contribution in [0.25, 0.3) is 11.3 Å². The normalized spacial score (nSPS) is 13.3. The summed E-state index contributed by atoms with van der Waals surface area (Å²) in [4.78, 5) is 8.20. The van der Waals surface area contributed by atoms with Crippen LogP contribution in [0.15, 0.2) is 60.9 Å². The molecule has 0 aliphatic heterocycles. The van der Waals surface area contributed by atoms with Crippen LogP contribution in [0.1, 0.15) is 13.9 Å². The second-order valence-electron chi connectivity index (χ2n) is 6.73. The maximum absolute atomic E-state index is 13.1. The van der Waals surface area contributed by atoms with Crippen molar-refractivity contribution >= 4 is 13.3 Å². The Bertz CT molecular complexity index is 907. The fourth-order valence-electron chi connectivity index (χ4n) is 2.52. The predicted octanol–water partition coefficient (Wildman–Crippen LogP) is 4.42. The standard InChI is InChI=1S/C20H21FN2Si/c1-24(2,3)19-14-22-18(16-9-10-20(21)23-13-16)12-17(19)11-15-7-5-4-6-8-15/h4-10,12-14H,11H2,1-3H3/i11D2. The maximum atomic E-state index is 13.1. The minimum Gasteiger partial charge on any atom is -0.256 e. The number of nitrogens with zero attached hydrogens (tertiary/aromatic N) is 2. The van der Waals surface area contributed by atoms with E-state index in [1.165, 1.54) is 12.3 Å². The van der Waals surface area contributed by atoms with Crippen molar-refractivity contribution < 1.29 is 7.13 Å². The Morgan fingerprint density at radius 1 is 1.00 bits per heavy atom. The molecule has 2 heterocycles. The first kappa shape index (κ1) is 14.0. The minimum absolute atomic E-state index is 0.549. The molecule has 122 valence electrons. The Morgan fingerprint density at radius 2 is 1.75 bits per heavy atom. The number of halogens is 1. The molecule has 0 unspecified atom stereocenters. The Morgan fingerprint density at radius 3 is 2.38 bits per heavy atom. The number of pyridine rings is 2. The third-order valence-corrected chi connectivity index (χ3v) is 5.80. The molecule has 0 saturated carbocycles. The Labute approximate surface area is 146 Å². The zero-order chi connectivity index (χ0) is 18.9. The van der Waals surface area contributed by atoms with Gasteiger partial charge in [0, 0.05) is 20.7 Å². The molecule has 0 spiro atoms. The first-order valence-corrected chi connectivity index (χ1v) is 11.4. The molecular weight excluding hydrogens is 315 g/mol. The van der Waals surface area contributed by atoms with Crippen molar-refractivity contribution in [2.45, 2.75) is 26.0 Å². The zero-order valence-corrected chi connectivity index (χ0v) is 15.0.